The Labute approximate surface area is 162 Å². The van der Waals surface area contributed by atoms with Gasteiger partial charge in [-0.25, -0.2) is 0 Å². The van der Waals surface area contributed by atoms with Crippen molar-refractivity contribution in [2.45, 2.75) is 5.92 Å². The number of rotatable bonds is 4. The summed E-state index contributed by atoms with van der Waals surface area (Å²) in [7, 11) is 7.19. The Morgan fingerprint density at radius 1 is 0.786 bits per heavy atom. The zero-order valence-corrected chi connectivity index (χ0v) is 16.1. The number of aliphatic hydroxyl groups excluding tert-OH is 1. The van der Waals surface area contributed by atoms with Gasteiger partial charge in [0.15, 0.2) is 0 Å². The number of nitrogens with zero attached hydrogens (tertiary/aromatic N) is 2. The lowest BCUT2D eigenvalue weighted by Gasteiger charge is -2.16. The van der Waals surface area contributed by atoms with E-state index in [1.54, 1.807) is 50.1 Å². The summed E-state index contributed by atoms with van der Waals surface area (Å²) in [5, 5.41) is 31.4. The molecule has 0 aliphatic heterocycles. The Balaban J connectivity index is 2.11. The molecule has 0 fully saturated rings. The van der Waals surface area contributed by atoms with E-state index in [1.165, 1.54) is 24.3 Å². The molecule has 0 saturated carbocycles. The van der Waals surface area contributed by atoms with Crippen LogP contribution in [0.2, 0.25) is 0 Å². The molecule has 0 saturated heterocycles. The molecule has 0 amide bonds. The maximum atomic E-state index is 12.6. The van der Waals surface area contributed by atoms with Gasteiger partial charge in [-0.2, -0.15) is 0 Å². The predicted octanol–water partition coefficient (Wildman–Crippen LogP) is 2.43. The van der Waals surface area contributed by atoms with E-state index in [0.717, 1.165) is 0 Å². The van der Waals surface area contributed by atoms with Crippen molar-refractivity contribution in [3.05, 3.63) is 53.3 Å². The average molecular weight is 382 g/mol. The van der Waals surface area contributed by atoms with Crippen molar-refractivity contribution in [1.29, 1.82) is 0 Å². The second kappa shape index (κ2) is 6.92. The summed E-state index contributed by atoms with van der Waals surface area (Å²) in [6.45, 7) is 0. The maximum Gasteiger partial charge on any atom is 0.233 e. The van der Waals surface area contributed by atoms with Crippen LogP contribution in [0.1, 0.15) is 17.0 Å². The van der Waals surface area contributed by atoms with Crippen LogP contribution >= 0.6 is 0 Å². The summed E-state index contributed by atoms with van der Waals surface area (Å²) >= 11 is 0. The first-order valence-electron chi connectivity index (χ1n) is 8.66. The molecule has 1 atom stereocenters. The molecule has 146 valence electrons. The van der Waals surface area contributed by atoms with E-state index in [4.69, 9.17) is 0 Å². The first-order valence-corrected chi connectivity index (χ1v) is 8.66. The van der Waals surface area contributed by atoms with E-state index >= 15 is 0 Å². The summed E-state index contributed by atoms with van der Waals surface area (Å²) in [5.74, 6) is -3.94. The number of aliphatic hydroxyl groups is 1. The third kappa shape index (κ3) is 3.05. The first kappa shape index (κ1) is 19.3. The Bertz CT molecular complexity index is 1010. The second-order valence-electron chi connectivity index (χ2n) is 7.12. The second-order valence-corrected chi connectivity index (χ2v) is 7.12. The molecule has 2 aromatic rings. The van der Waals surface area contributed by atoms with E-state index in [9.17, 15) is 24.9 Å². The smallest absolute Gasteiger partial charge is 0.233 e. The molecule has 7 nitrogen and oxygen atoms in total. The monoisotopic (exact) mass is 382 g/mol. The number of ketones is 2. The molecule has 0 spiro atoms. The summed E-state index contributed by atoms with van der Waals surface area (Å²) in [6.07, 6.45) is 0. The highest BCUT2D eigenvalue weighted by atomic mass is 16.3. The van der Waals surface area contributed by atoms with Crippen molar-refractivity contribution in [3.8, 4) is 11.5 Å². The van der Waals surface area contributed by atoms with Gasteiger partial charge in [-0.15, -0.1) is 0 Å². The fourth-order valence-corrected chi connectivity index (χ4v) is 3.25. The van der Waals surface area contributed by atoms with Gasteiger partial charge in [0.1, 0.15) is 23.2 Å². The largest absolute Gasteiger partial charge is 0.510 e. The highest BCUT2D eigenvalue weighted by molar-refractivity contribution is 6.59. The fraction of sp³-hybridized carbons (Fsp3) is 0.238. The molecule has 1 unspecified atom stereocenters. The van der Waals surface area contributed by atoms with Gasteiger partial charge in [-0.3, -0.25) is 9.59 Å². The maximum absolute atomic E-state index is 12.6. The standard InChI is InChI=1S/C21H22N2O5/c1-22(2)11-5-7-13(15(24)9-11)17-19(26)18(21(28)20(17)27)14-8-6-12(23(3)4)10-16(14)25/h5-10,17,24-26H,1-4H3. The number of benzene rings is 2. The first-order chi connectivity index (χ1) is 13.1. The average Bonchev–Trinajstić information content (AvgIpc) is 2.84. The van der Waals surface area contributed by atoms with Crippen LogP contribution < -0.4 is 9.80 Å². The van der Waals surface area contributed by atoms with Crippen LogP contribution in [0.4, 0.5) is 11.4 Å². The summed E-state index contributed by atoms with van der Waals surface area (Å²) in [6, 6.07) is 9.25. The lowest BCUT2D eigenvalue weighted by atomic mass is 9.95. The number of hydrogen-bond donors (Lipinski definition) is 3. The summed E-state index contributed by atoms with van der Waals surface area (Å²) in [4.78, 5) is 28.7. The van der Waals surface area contributed by atoms with Gasteiger partial charge in [0.2, 0.25) is 11.6 Å². The van der Waals surface area contributed by atoms with Crippen LogP contribution in [0.3, 0.4) is 0 Å². The molecule has 1 aliphatic carbocycles. The lowest BCUT2D eigenvalue weighted by molar-refractivity contribution is -0.133. The van der Waals surface area contributed by atoms with Gasteiger partial charge in [-0.05, 0) is 18.2 Å². The molecule has 0 heterocycles. The molecule has 3 N–H and O–H groups in total. The molecular weight excluding hydrogens is 360 g/mol. The minimum Gasteiger partial charge on any atom is -0.510 e. The fourth-order valence-electron chi connectivity index (χ4n) is 3.25. The minimum atomic E-state index is -1.30. The van der Waals surface area contributed by atoms with E-state index < -0.39 is 23.2 Å². The van der Waals surface area contributed by atoms with Gasteiger partial charge in [0.05, 0.1) is 5.57 Å². The third-order valence-electron chi connectivity index (χ3n) is 4.85. The van der Waals surface area contributed by atoms with Crippen molar-refractivity contribution < 1.29 is 24.9 Å². The highest BCUT2D eigenvalue weighted by Gasteiger charge is 2.44. The quantitative estimate of drug-likeness (QED) is 0.698. The number of aromatic hydroxyl groups is 2. The topological polar surface area (TPSA) is 101 Å². The van der Waals surface area contributed by atoms with Crippen molar-refractivity contribution in [2.75, 3.05) is 38.0 Å². The summed E-state index contributed by atoms with van der Waals surface area (Å²) in [5.41, 5.74) is 1.38. The molecule has 28 heavy (non-hydrogen) atoms. The molecule has 3 rings (SSSR count). The van der Waals surface area contributed by atoms with Crippen molar-refractivity contribution in [1.82, 2.24) is 0 Å². The predicted molar refractivity (Wildman–Crippen MR) is 107 cm³/mol. The van der Waals surface area contributed by atoms with E-state index in [0.29, 0.717) is 11.4 Å². The Morgan fingerprint density at radius 3 is 1.82 bits per heavy atom. The zero-order valence-electron chi connectivity index (χ0n) is 16.1. The molecule has 0 radical (unpaired) electrons. The van der Waals surface area contributed by atoms with Gasteiger partial charge in [0, 0.05) is 62.8 Å². The van der Waals surface area contributed by atoms with Crippen LogP contribution in [0.25, 0.3) is 5.57 Å². The number of allylic oxidation sites excluding steroid dienone is 2. The van der Waals surface area contributed by atoms with Crippen molar-refractivity contribution in [2.24, 2.45) is 0 Å². The summed E-state index contributed by atoms with van der Waals surface area (Å²) < 4.78 is 0. The third-order valence-corrected chi connectivity index (χ3v) is 4.85. The van der Waals surface area contributed by atoms with Crippen LogP contribution in [0.15, 0.2) is 42.2 Å². The van der Waals surface area contributed by atoms with Crippen molar-refractivity contribution in [3.63, 3.8) is 0 Å². The van der Waals surface area contributed by atoms with E-state index in [1.807, 2.05) is 0 Å². The van der Waals surface area contributed by atoms with Crippen LogP contribution in [-0.2, 0) is 9.59 Å². The van der Waals surface area contributed by atoms with E-state index in [2.05, 4.69) is 0 Å². The van der Waals surface area contributed by atoms with Gasteiger partial charge < -0.3 is 25.1 Å². The molecule has 0 bridgehead atoms. The Hall–Kier alpha value is -3.48. The molecule has 0 aromatic heterocycles. The van der Waals surface area contributed by atoms with Crippen LogP contribution in [0.5, 0.6) is 11.5 Å². The lowest BCUT2D eigenvalue weighted by Crippen LogP contribution is -2.16. The Morgan fingerprint density at radius 2 is 1.32 bits per heavy atom. The normalized spacial score (nSPS) is 16.6. The minimum absolute atomic E-state index is 0.0772. The molecule has 7 heteroatoms. The number of anilines is 2. The van der Waals surface area contributed by atoms with Gasteiger partial charge in [-0.1, -0.05) is 6.07 Å². The van der Waals surface area contributed by atoms with Gasteiger partial charge >= 0.3 is 0 Å². The van der Waals surface area contributed by atoms with Gasteiger partial charge in [0.25, 0.3) is 0 Å². The zero-order chi connectivity index (χ0) is 20.7. The van der Waals surface area contributed by atoms with Crippen molar-refractivity contribution >= 4 is 28.5 Å². The molecule has 1 aliphatic rings. The number of carbonyl (C=O) groups excluding carboxylic acids is 2. The molecule has 2 aromatic carbocycles. The molecular formula is C21H22N2O5. The SMILES string of the molecule is CN(C)c1ccc(C2=C(O)C(c3ccc(N(C)C)cc3O)C(=O)C2=O)c(O)c1. The highest BCUT2D eigenvalue weighted by Crippen LogP contribution is 2.44. The number of Topliss-reactive ketones (excluding diaryl/α,β-unsaturated/α-hetero) is 2. The number of hydrogen-bond acceptors (Lipinski definition) is 7. The van der Waals surface area contributed by atoms with E-state index in [-0.39, 0.29) is 28.2 Å². The number of carbonyl (C=O) groups is 2. The number of phenolic OH excluding ortho intramolecular Hbond substituents is 2. The Kier molecular flexibility index (Phi) is 4.77. The van der Waals surface area contributed by atoms with Crippen LogP contribution in [-0.4, -0.2) is 55.1 Å². The van der Waals surface area contributed by atoms with Crippen LogP contribution in [0, 0.1) is 0 Å². The number of phenols is 2.